The van der Waals surface area contributed by atoms with Crippen LogP contribution in [0.4, 0.5) is 0 Å². The number of nitrogens with one attached hydrogen (secondary N) is 1. The molecule has 0 aromatic heterocycles. The van der Waals surface area contributed by atoms with Crippen LogP contribution in [0.1, 0.15) is 50.8 Å². The second-order valence-electron chi connectivity index (χ2n) is 4.88. The van der Waals surface area contributed by atoms with Gasteiger partial charge in [-0.2, -0.15) is 0 Å². The summed E-state index contributed by atoms with van der Waals surface area (Å²) in [6.07, 6.45) is 2.38. The number of aryl methyl sites for hydroxylation is 1. The first-order valence-electron chi connectivity index (χ1n) is 6.59. The lowest BCUT2D eigenvalue weighted by Gasteiger charge is -2.25. The van der Waals surface area contributed by atoms with Crippen molar-refractivity contribution in [3.05, 3.63) is 33.8 Å². The van der Waals surface area contributed by atoms with Crippen molar-refractivity contribution >= 4 is 15.9 Å². The monoisotopic (exact) mass is 297 g/mol. The van der Waals surface area contributed by atoms with Gasteiger partial charge in [-0.1, -0.05) is 49.2 Å². The summed E-state index contributed by atoms with van der Waals surface area (Å²) in [5.41, 5.74) is 2.72. The van der Waals surface area contributed by atoms with Gasteiger partial charge in [-0.15, -0.1) is 0 Å². The van der Waals surface area contributed by atoms with Gasteiger partial charge in [0.1, 0.15) is 0 Å². The Hall–Kier alpha value is -0.340. The lowest BCUT2D eigenvalue weighted by molar-refractivity contribution is 0.377. The molecule has 0 saturated carbocycles. The van der Waals surface area contributed by atoms with E-state index < -0.39 is 0 Å². The first-order chi connectivity index (χ1) is 8.08. The molecule has 1 rings (SSSR count). The zero-order valence-corrected chi connectivity index (χ0v) is 13.0. The van der Waals surface area contributed by atoms with Crippen LogP contribution >= 0.6 is 15.9 Å². The van der Waals surface area contributed by atoms with Gasteiger partial charge in [-0.05, 0) is 49.1 Å². The quantitative estimate of drug-likeness (QED) is 0.792. The van der Waals surface area contributed by atoms with E-state index in [0.717, 1.165) is 6.54 Å². The second-order valence-corrected chi connectivity index (χ2v) is 5.79. The summed E-state index contributed by atoms with van der Waals surface area (Å²) in [7, 11) is 0. The largest absolute Gasteiger partial charge is 0.310 e. The smallest absolute Gasteiger partial charge is 0.0346 e. The molecule has 0 aliphatic heterocycles. The van der Waals surface area contributed by atoms with Crippen molar-refractivity contribution in [2.24, 2.45) is 5.92 Å². The molecular weight excluding hydrogens is 274 g/mol. The Bertz CT molecular complexity index is 329. The molecule has 1 nitrogen and oxygen atoms in total. The molecule has 17 heavy (non-hydrogen) atoms. The van der Waals surface area contributed by atoms with E-state index in [0.29, 0.717) is 12.0 Å². The van der Waals surface area contributed by atoms with E-state index in [4.69, 9.17) is 0 Å². The summed E-state index contributed by atoms with van der Waals surface area (Å²) in [6.45, 7) is 10.0. The van der Waals surface area contributed by atoms with E-state index >= 15 is 0 Å². The van der Waals surface area contributed by atoms with Gasteiger partial charge in [0.25, 0.3) is 0 Å². The zero-order chi connectivity index (χ0) is 12.8. The Kier molecular flexibility index (Phi) is 6.21. The van der Waals surface area contributed by atoms with Crippen LogP contribution < -0.4 is 5.32 Å². The molecule has 0 radical (unpaired) electrons. The molecule has 2 unspecified atom stereocenters. The van der Waals surface area contributed by atoms with E-state index in [2.05, 4.69) is 67.1 Å². The normalized spacial score (nSPS) is 14.6. The minimum Gasteiger partial charge on any atom is -0.310 e. The molecule has 0 aliphatic carbocycles. The van der Waals surface area contributed by atoms with Gasteiger partial charge in [-0.3, -0.25) is 0 Å². The van der Waals surface area contributed by atoms with E-state index in [-0.39, 0.29) is 0 Å². The van der Waals surface area contributed by atoms with Crippen LogP contribution in [0.15, 0.2) is 22.7 Å². The fourth-order valence-corrected chi connectivity index (χ4v) is 2.75. The average molecular weight is 298 g/mol. The highest BCUT2D eigenvalue weighted by molar-refractivity contribution is 9.10. The Balaban J connectivity index is 2.94. The van der Waals surface area contributed by atoms with E-state index in [1.165, 1.54) is 28.4 Å². The maximum absolute atomic E-state index is 3.67. The van der Waals surface area contributed by atoms with Gasteiger partial charge in [-0.25, -0.2) is 0 Å². The third-order valence-electron chi connectivity index (χ3n) is 3.25. The molecule has 2 atom stereocenters. The van der Waals surface area contributed by atoms with Crippen molar-refractivity contribution < 1.29 is 0 Å². The highest BCUT2D eigenvalue weighted by atomic mass is 79.9. The van der Waals surface area contributed by atoms with Crippen molar-refractivity contribution in [3.63, 3.8) is 0 Å². The number of benzene rings is 1. The molecule has 2 heteroatoms. The minimum absolute atomic E-state index is 0.469. The zero-order valence-electron chi connectivity index (χ0n) is 11.4. The number of hydrogen-bond acceptors (Lipinski definition) is 1. The van der Waals surface area contributed by atoms with E-state index in [1.807, 2.05) is 0 Å². The average Bonchev–Trinajstić information content (AvgIpc) is 2.28. The Morgan fingerprint density at radius 1 is 1.24 bits per heavy atom. The summed E-state index contributed by atoms with van der Waals surface area (Å²) >= 11 is 3.59. The van der Waals surface area contributed by atoms with Crippen LogP contribution in [0.25, 0.3) is 0 Å². The fourth-order valence-electron chi connectivity index (χ4n) is 2.13. The Morgan fingerprint density at radius 3 is 2.47 bits per heavy atom. The fraction of sp³-hybridized carbons (Fsp3) is 0.600. The molecule has 1 aromatic rings. The van der Waals surface area contributed by atoms with Crippen LogP contribution in [-0.2, 0) is 0 Å². The van der Waals surface area contributed by atoms with E-state index in [9.17, 15) is 0 Å². The standard InChI is InChI=1S/C15H24BrN/c1-5-7-17-15(12(4)6-2)13-8-11(3)9-14(16)10-13/h8-10,12,15,17H,5-7H2,1-4H3. The van der Waals surface area contributed by atoms with Gasteiger partial charge in [0.2, 0.25) is 0 Å². The SMILES string of the molecule is CCCNC(c1cc(C)cc(Br)c1)C(C)CC. The lowest BCUT2D eigenvalue weighted by atomic mass is 9.91. The molecule has 0 aliphatic rings. The molecule has 0 bridgehead atoms. The highest BCUT2D eigenvalue weighted by Gasteiger charge is 2.17. The molecule has 0 heterocycles. The van der Waals surface area contributed by atoms with Gasteiger partial charge in [0.05, 0.1) is 0 Å². The summed E-state index contributed by atoms with van der Waals surface area (Å²) in [4.78, 5) is 0. The molecule has 0 amide bonds. The summed E-state index contributed by atoms with van der Waals surface area (Å²) in [5.74, 6) is 0.662. The van der Waals surface area contributed by atoms with Crippen molar-refractivity contribution in [1.82, 2.24) is 5.32 Å². The highest BCUT2D eigenvalue weighted by Crippen LogP contribution is 2.27. The van der Waals surface area contributed by atoms with Crippen molar-refractivity contribution in [1.29, 1.82) is 0 Å². The van der Waals surface area contributed by atoms with Crippen LogP contribution in [-0.4, -0.2) is 6.54 Å². The summed E-state index contributed by atoms with van der Waals surface area (Å²) in [5, 5.41) is 3.67. The minimum atomic E-state index is 0.469. The number of halogens is 1. The van der Waals surface area contributed by atoms with Crippen LogP contribution in [0.5, 0.6) is 0 Å². The summed E-state index contributed by atoms with van der Waals surface area (Å²) in [6, 6.07) is 7.17. The molecular formula is C15H24BrN. The molecule has 0 fully saturated rings. The van der Waals surface area contributed by atoms with Crippen LogP contribution in [0.3, 0.4) is 0 Å². The maximum atomic E-state index is 3.67. The third kappa shape index (κ3) is 4.44. The van der Waals surface area contributed by atoms with Gasteiger partial charge >= 0.3 is 0 Å². The number of hydrogen-bond donors (Lipinski definition) is 1. The van der Waals surface area contributed by atoms with Crippen molar-refractivity contribution in [2.45, 2.75) is 46.6 Å². The molecule has 96 valence electrons. The first-order valence-corrected chi connectivity index (χ1v) is 7.38. The molecule has 0 spiro atoms. The van der Waals surface area contributed by atoms with Gasteiger partial charge in [0, 0.05) is 10.5 Å². The molecule has 1 aromatic carbocycles. The van der Waals surface area contributed by atoms with Crippen molar-refractivity contribution in [2.75, 3.05) is 6.54 Å². The predicted molar refractivity (Wildman–Crippen MR) is 79.4 cm³/mol. The Labute approximate surface area is 114 Å². The topological polar surface area (TPSA) is 12.0 Å². The van der Waals surface area contributed by atoms with Crippen LogP contribution in [0, 0.1) is 12.8 Å². The second kappa shape index (κ2) is 7.17. The molecule has 1 N–H and O–H groups in total. The maximum Gasteiger partial charge on any atom is 0.0346 e. The lowest BCUT2D eigenvalue weighted by Crippen LogP contribution is -2.27. The van der Waals surface area contributed by atoms with Crippen molar-refractivity contribution in [3.8, 4) is 0 Å². The summed E-state index contributed by atoms with van der Waals surface area (Å²) < 4.78 is 1.18. The molecule has 0 saturated heterocycles. The Morgan fingerprint density at radius 2 is 1.94 bits per heavy atom. The third-order valence-corrected chi connectivity index (χ3v) is 3.71. The van der Waals surface area contributed by atoms with Gasteiger partial charge < -0.3 is 5.32 Å². The number of rotatable bonds is 6. The van der Waals surface area contributed by atoms with Crippen LogP contribution in [0.2, 0.25) is 0 Å². The predicted octanol–water partition coefficient (Wildman–Crippen LogP) is 4.84. The van der Waals surface area contributed by atoms with Gasteiger partial charge in [0.15, 0.2) is 0 Å². The van der Waals surface area contributed by atoms with E-state index in [1.54, 1.807) is 0 Å². The first kappa shape index (κ1) is 14.7.